The van der Waals surface area contributed by atoms with Crippen molar-refractivity contribution in [2.45, 2.75) is 52.9 Å². The van der Waals surface area contributed by atoms with Crippen molar-refractivity contribution in [2.75, 3.05) is 0 Å². The van der Waals surface area contributed by atoms with E-state index in [2.05, 4.69) is 45.1 Å². The third kappa shape index (κ3) is 4.51. The Balaban J connectivity index is 2.70. The standard InChI is InChI=1S/C15H24/c1-13-11-9-7-5-4-6-8-10-12-14(2)15(13)3/h5,7-8,10,14H,4,6,9,11-12H2,1-3H3/b7-5-,10-8-,15-13-/t14-/m1/s1. The summed E-state index contributed by atoms with van der Waals surface area (Å²) in [5, 5.41) is 0. The van der Waals surface area contributed by atoms with E-state index in [1.165, 1.54) is 32.1 Å². The zero-order valence-electron chi connectivity index (χ0n) is 10.4. The molecule has 1 aliphatic rings. The summed E-state index contributed by atoms with van der Waals surface area (Å²) >= 11 is 0. The third-order valence-corrected chi connectivity index (χ3v) is 3.42. The van der Waals surface area contributed by atoms with Crippen LogP contribution in [0, 0.1) is 5.92 Å². The van der Waals surface area contributed by atoms with Gasteiger partial charge in [-0.15, -0.1) is 0 Å². The van der Waals surface area contributed by atoms with Gasteiger partial charge in [0, 0.05) is 0 Å². The van der Waals surface area contributed by atoms with Gasteiger partial charge in [-0.25, -0.2) is 0 Å². The number of rotatable bonds is 0. The summed E-state index contributed by atoms with van der Waals surface area (Å²) in [5.41, 5.74) is 3.18. The van der Waals surface area contributed by atoms with Crippen LogP contribution in [0.5, 0.6) is 0 Å². The quantitative estimate of drug-likeness (QED) is 0.485. The third-order valence-electron chi connectivity index (χ3n) is 3.42. The van der Waals surface area contributed by atoms with Crippen LogP contribution >= 0.6 is 0 Å². The van der Waals surface area contributed by atoms with E-state index >= 15 is 0 Å². The lowest BCUT2D eigenvalue weighted by atomic mass is 9.92. The highest BCUT2D eigenvalue weighted by molar-refractivity contribution is 5.14. The van der Waals surface area contributed by atoms with Gasteiger partial charge in [0.25, 0.3) is 0 Å². The molecule has 0 amide bonds. The molecular formula is C15H24. The Morgan fingerprint density at radius 2 is 1.53 bits per heavy atom. The summed E-state index contributed by atoms with van der Waals surface area (Å²) in [6.45, 7) is 6.92. The Bertz CT molecular complexity index is 266. The summed E-state index contributed by atoms with van der Waals surface area (Å²) in [4.78, 5) is 0. The maximum absolute atomic E-state index is 2.34. The fraction of sp³-hybridized carbons (Fsp3) is 0.600. The molecule has 0 fully saturated rings. The Labute approximate surface area is 94.8 Å². The average Bonchev–Trinajstić information content (AvgIpc) is 2.23. The first-order valence-electron chi connectivity index (χ1n) is 6.18. The zero-order chi connectivity index (χ0) is 11.1. The van der Waals surface area contributed by atoms with Gasteiger partial charge in [-0.2, -0.15) is 0 Å². The van der Waals surface area contributed by atoms with Gasteiger partial charge >= 0.3 is 0 Å². The highest BCUT2D eigenvalue weighted by Gasteiger charge is 2.05. The minimum Gasteiger partial charge on any atom is -0.0882 e. The van der Waals surface area contributed by atoms with Gasteiger partial charge in [0.05, 0.1) is 0 Å². The molecule has 1 atom stereocenters. The summed E-state index contributed by atoms with van der Waals surface area (Å²) in [7, 11) is 0. The van der Waals surface area contributed by atoms with Gasteiger partial charge in [-0.3, -0.25) is 0 Å². The molecule has 0 heteroatoms. The molecule has 0 unspecified atom stereocenters. The second kappa shape index (κ2) is 6.66. The first kappa shape index (κ1) is 12.3. The van der Waals surface area contributed by atoms with Crippen molar-refractivity contribution in [3.8, 4) is 0 Å². The summed E-state index contributed by atoms with van der Waals surface area (Å²) < 4.78 is 0. The molecule has 0 nitrogen and oxygen atoms in total. The van der Waals surface area contributed by atoms with Crippen LogP contribution in [-0.2, 0) is 0 Å². The number of allylic oxidation sites excluding steroid dienone is 6. The van der Waals surface area contributed by atoms with Crippen LogP contribution in [0.4, 0.5) is 0 Å². The number of hydrogen-bond acceptors (Lipinski definition) is 0. The monoisotopic (exact) mass is 204 g/mol. The molecule has 0 aromatic carbocycles. The predicted octanol–water partition coefficient (Wildman–Crippen LogP) is 5.04. The van der Waals surface area contributed by atoms with E-state index < -0.39 is 0 Å². The lowest BCUT2D eigenvalue weighted by molar-refractivity contribution is 0.675. The maximum Gasteiger partial charge on any atom is -0.0197 e. The second-order valence-corrected chi connectivity index (χ2v) is 4.66. The largest absolute Gasteiger partial charge is 0.0882 e. The van der Waals surface area contributed by atoms with Crippen molar-refractivity contribution < 1.29 is 0 Å². The smallest absolute Gasteiger partial charge is 0.0197 e. The van der Waals surface area contributed by atoms with Crippen molar-refractivity contribution in [3.05, 3.63) is 35.5 Å². The SMILES string of the molecule is C/C1=C(\C)[C@H](C)C/C=C\CC/C=C\CC1. The fourth-order valence-corrected chi connectivity index (χ4v) is 1.94. The average molecular weight is 204 g/mol. The second-order valence-electron chi connectivity index (χ2n) is 4.66. The van der Waals surface area contributed by atoms with Crippen molar-refractivity contribution in [3.63, 3.8) is 0 Å². The molecular weight excluding hydrogens is 180 g/mol. The highest BCUT2D eigenvalue weighted by Crippen LogP contribution is 2.22. The van der Waals surface area contributed by atoms with Crippen LogP contribution in [0.2, 0.25) is 0 Å². The Hall–Kier alpha value is -0.780. The van der Waals surface area contributed by atoms with E-state index in [4.69, 9.17) is 0 Å². The van der Waals surface area contributed by atoms with E-state index in [9.17, 15) is 0 Å². The Morgan fingerprint density at radius 1 is 0.933 bits per heavy atom. The molecule has 0 saturated carbocycles. The van der Waals surface area contributed by atoms with E-state index in [1.807, 2.05) is 0 Å². The molecule has 1 rings (SSSR count). The summed E-state index contributed by atoms with van der Waals surface area (Å²) in [6, 6.07) is 0. The fourth-order valence-electron chi connectivity index (χ4n) is 1.94. The van der Waals surface area contributed by atoms with Crippen LogP contribution in [0.3, 0.4) is 0 Å². The van der Waals surface area contributed by atoms with Gasteiger partial charge in [-0.1, -0.05) is 42.4 Å². The molecule has 0 aliphatic heterocycles. The lowest BCUT2D eigenvalue weighted by Gasteiger charge is -2.14. The number of hydrogen-bond donors (Lipinski definition) is 0. The predicted molar refractivity (Wildman–Crippen MR) is 68.9 cm³/mol. The van der Waals surface area contributed by atoms with Crippen molar-refractivity contribution in [1.82, 2.24) is 0 Å². The molecule has 0 radical (unpaired) electrons. The highest BCUT2D eigenvalue weighted by atomic mass is 14.1. The van der Waals surface area contributed by atoms with Crippen LogP contribution in [0.25, 0.3) is 0 Å². The van der Waals surface area contributed by atoms with E-state index in [1.54, 1.807) is 11.1 Å². The summed E-state index contributed by atoms with van der Waals surface area (Å²) in [5.74, 6) is 0.713. The molecule has 84 valence electrons. The van der Waals surface area contributed by atoms with Gasteiger partial charge in [0.1, 0.15) is 0 Å². The lowest BCUT2D eigenvalue weighted by Crippen LogP contribution is -1.98. The van der Waals surface area contributed by atoms with Crippen LogP contribution in [0.15, 0.2) is 35.5 Å². The molecule has 0 aromatic rings. The molecule has 0 aromatic heterocycles. The molecule has 1 aliphatic carbocycles. The molecule has 0 spiro atoms. The molecule has 0 N–H and O–H groups in total. The van der Waals surface area contributed by atoms with Crippen molar-refractivity contribution >= 4 is 0 Å². The Kier molecular flexibility index (Phi) is 5.45. The van der Waals surface area contributed by atoms with Crippen molar-refractivity contribution in [1.29, 1.82) is 0 Å². The minimum absolute atomic E-state index is 0.713. The van der Waals surface area contributed by atoms with Gasteiger partial charge in [0.15, 0.2) is 0 Å². The van der Waals surface area contributed by atoms with Crippen LogP contribution in [-0.4, -0.2) is 0 Å². The first-order chi connectivity index (χ1) is 7.22. The zero-order valence-corrected chi connectivity index (χ0v) is 10.4. The maximum atomic E-state index is 2.34. The molecule has 0 heterocycles. The topological polar surface area (TPSA) is 0 Å². The molecule has 0 bridgehead atoms. The van der Waals surface area contributed by atoms with Gasteiger partial charge in [-0.05, 0) is 51.9 Å². The van der Waals surface area contributed by atoms with Gasteiger partial charge < -0.3 is 0 Å². The van der Waals surface area contributed by atoms with Crippen LogP contribution < -0.4 is 0 Å². The first-order valence-corrected chi connectivity index (χ1v) is 6.18. The molecule has 15 heavy (non-hydrogen) atoms. The normalized spacial score (nSPS) is 33.9. The summed E-state index contributed by atoms with van der Waals surface area (Å²) in [6.07, 6.45) is 15.4. The Morgan fingerprint density at radius 3 is 2.27 bits per heavy atom. The van der Waals surface area contributed by atoms with Crippen LogP contribution in [0.1, 0.15) is 52.9 Å². The van der Waals surface area contributed by atoms with E-state index in [0.29, 0.717) is 5.92 Å². The molecule has 0 saturated heterocycles. The van der Waals surface area contributed by atoms with E-state index in [0.717, 1.165) is 0 Å². The van der Waals surface area contributed by atoms with E-state index in [-0.39, 0.29) is 0 Å². The minimum atomic E-state index is 0.713. The van der Waals surface area contributed by atoms with Crippen molar-refractivity contribution in [2.24, 2.45) is 5.92 Å². The van der Waals surface area contributed by atoms with Gasteiger partial charge in [0.2, 0.25) is 0 Å².